The van der Waals surface area contributed by atoms with Gasteiger partial charge >= 0.3 is 0 Å². The Morgan fingerprint density at radius 1 is 1.36 bits per heavy atom. The van der Waals surface area contributed by atoms with E-state index in [0.717, 1.165) is 6.54 Å². The Morgan fingerprint density at radius 2 is 2.07 bits per heavy atom. The summed E-state index contributed by atoms with van der Waals surface area (Å²) in [7, 11) is 0. The van der Waals surface area contributed by atoms with E-state index < -0.39 is 0 Å². The number of rotatable bonds is 2. The standard InChI is InChI=1S/C12H17NS/c1-10-12(14)7-8-13(10)9-11-5-3-2-4-6-11/h2-6,10,12,14H,7-9H2,1H3. The highest BCUT2D eigenvalue weighted by Gasteiger charge is 2.27. The van der Waals surface area contributed by atoms with Crippen LogP contribution in [0.3, 0.4) is 0 Å². The summed E-state index contributed by atoms with van der Waals surface area (Å²) in [6.45, 7) is 4.52. The molecule has 14 heavy (non-hydrogen) atoms. The number of thiol groups is 1. The molecule has 1 nitrogen and oxygen atoms in total. The van der Waals surface area contributed by atoms with Crippen molar-refractivity contribution in [3.8, 4) is 0 Å². The first-order valence-corrected chi connectivity index (χ1v) is 5.75. The van der Waals surface area contributed by atoms with Crippen LogP contribution in [0.5, 0.6) is 0 Å². The Labute approximate surface area is 91.5 Å². The molecule has 2 atom stereocenters. The molecule has 0 radical (unpaired) electrons. The summed E-state index contributed by atoms with van der Waals surface area (Å²) in [5.41, 5.74) is 1.40. The Morgan fingerprint density at radius 3 is 2.64 bits per heavy atom. The summed E-state index contributed by atoms with van der Waals surface area (Å²) in [5, 5.41) is 0.554. The molecule has 2 unspecified atom stereocenters. The maximum Gasteiger partial charge on any atom is 0.0237 e. The van der Waals surface area contributed by atoms with Gasteiger partial charge in [-0.05, 0) is 25.5 Å². The quantitative estimate of drug-likeness (QED) is 0.730. The average Bonchev–Trinajstić information content (AvgIpc) is 2.52. The van der Waals surface area contributed by atoms with Crippen LogP contribution in [0.15, 0.2) is 30.3 Å². The fourth-order valence-corrected chi connectivity index (χ4v) is 2.33. The fraction of sp³-hybridized carbons (Fsp3) is 0.500. The van der Waals surface area contributed by atoms with E-state index in [4.69, 9.17) is 0 Å². The summed E-state index contributed by atoms with van der Waals surface area (Å²) < 4.78 is 0. The molecule has 1 aliphatic heterocycles. The zero-order valence-corrected chi connectivity index (χ0v) is 9.45. The maximum atomic E-state index is 4.57. The van der Waals surface area contributed by atoms with E-state index in [1.54, 1.807) is 0 Å². The van der Waals surface area contributed by atoms with Crippen LogP contribution >= 0.6 is 12.6 Å². The van der Waals surface area contributed by atoms with Crippen LogP contribution in [0.2, 0.25) is 0 Å². The summed E-state index contributed by atoms with van der Waals surface area (Å²) in [5.74, 6) is 0. The van der Waals surface area contributed by atoms with E-state index in [1.165, 1.54) is 18.5 Å². The molecule has 0 aromatic heterocycles. The number of hydrogen-bond donors (Lipinski definition) is 1. The molecule has 0 bridgehead atoms. The minimum absolute atomic E-state index is 0.554. The van der Waals surface area contributed by atoms with Crippen LogP contribution < -0.4 is 0 Å². The highest BCUT2D eigenvalue weighted by Crippen LogP contribution is 2.23. The van der Waals surface area contributed by atoms with Crippen LogP contribution in [0.25, 0.3) is 0 Å². The molecule has 0 N–H and O–H groups in total. The molecule has 2 heteroatoms. The molecule has 0 saturated carbocycles. The molecule has 2 rings (SSSR count). The van der Waals surface area contributed by atoms with E-state index in [0.29, 0.717) is 11.3 Å². The third-order valence-corrected chi connectivity index (χ3v) is 3.76. The molecule has 1 aromatic carbocycles. The van der Waals surface area contributed by atoms with Gasteiger partial charge < -0.3 is 0 Å². The lowest BCUT2D eigenvalue weighted by atomic mass is 10.2. The normalized spacial score (nSPS) is 28.1. The van der Waals surface area contributed by atoms with Crippen molar-refractivity contribution in [3.63, 3.8) is 0 Å². The van der Waals surface area contributed by atoms with Crippen LogP contribution in [-0.4, -0.2) is 22.7 Å². The average molecular weight is 207 g/mol. The molecule has 76 valence electrons. The number of hydrogen-bond acceptors (Lipinski definition) is 2. The summed E-state index contributed by atoms with van der Waals surface area (Å²) in [4.78, 5) is 2.51. The second-order valence-corrected chi connectivity index (χ2v) is 4.72. The summed E-state index contributed by atoms with van der Waals surface area (Å²) in [6.07, 6.45) is 1.22. The van der Waals surface area contributed by atoms with Crippen molar-refractivity contribution < 1.29 is 0 Å². The predicted molar refractivity (Wildman–Crippen MR) is 63.7 cm³/mol. The van der Waals surface area contributed by atoms with E-state index in [2.05, 4.69) is 54.8 Å². The molecule has 0 spiro atoms. The third kappa shape index (κ3) is 2.12. The van der Waals surface area contributed by atoms with Gasteiger partial charge in [0, 0.05) is 17.8 Å². The van der Waals surface area contributed by atoms with Gasteiger partial charge in [0.15, 0.2) is 0 Å². The minimum Gasteiger partial charge on any atom is -0.295 e. The molecule has 0 amide bonds. The largest absolute Gasteiger partial charge is 0.295 e. The van der Waals surface area contributed by atoms with E-state index in [9.17, 15) is 0 Å². The third-order valence-electron chi connectivity index (χ3n) is 3.07. The zero-order chi connectivity index (χ0) is 9.97. The van der Waals surface area contributed by atoms with Crippen molar-refractivity contribution >= 4 is 12.6 Å². The molecular weight excluding hydrogens is 190 g/mol. The van der Waals surface area contributed by atoms with Gasteiger partial charge in [0.1, 0.15) is 0 Å². The molecule has 1 fully saturated rings. The van der Waals surface area contributed by atoms with E-state index in [1.807, 2.05) is 0 Å². The molecule has 1 saturated heterocycles. The second kappa shape index (κ2) is 4.37. The Kier molecular flexibility index (Phi) is 3.14. The van der Waals surface area contributed by atoms with Gasteiger partial charge in [0.05, 0.1) is 0 Å². The highest BCUT2D eigenvalue weighted by atomic mass is 32.1. The first kappa shape index (κ1) is 10.1. The first-order valence-electron chi connectivity index (χ1n) is 5.23. The van der Waals surface area contributed by atoms with Gasteiger partial charge in [-0.3, -0.25) is 4.90 Å². The van der Waals surface area contributed by atoms with Gasteiger partial charge in [-0.15, -0.1) is 0 Å². The van der Waals surface area contributed by atoms with Gasteiger partial charge in [-0.25, -0.2) is 0 Å². The monoisotopic (exact) mass is 207 g/mol. The van der Waals surface area contributed by atoms with Gasteiger partial charge in [-0.1, -0.05) is 30.3 Å². The molecule has 1 aromatic rings. The van der Waals surface area contributed by atoms with Crippen LogP contribution in [0.1, 0.15) is 18.9 Å². The van der Waals surface area contributed by atoms with Crippen LogP contribution in [-0.2, 0) is 6.54 Å². The second-order valence-electron chi connectivity index (χ2n) is 4.05. The van der Waals surface area contributed by atoms with Gasteiger partial charge in [0.2, 0.25) is 0 Å². The number of benzene rings is 1. The van der Waals surface area contributed by atoms with Crippen LogP contribution in [0.4, 0.5) is 0 Å². The summed E-state index contributed by atoms with van der Waals surface area (Å²) in [6, 6.07) is 11.3. The number of likely N-dealkylation sites (tertiary alicyclic amines) is 1. The SMILES string of the molecule is CC1C(S)CCN1Cc1ccccc1. The minimum atomic E-state index is 0.554. The van der Waals surface area contributed by atoms with Gasteiger partial charge in [-0.2, -0.15) is 12.6 Å². The molecular formula is C12H17NS. The predicted octanol–water partition coefficient (Wildman–Crippen LogP) is 2.58. The smallest absolute Gasteiger partial charge is 0.0237 e. The van der Waals surface area contributed by atoms with E-state index >= 15 is 0 Å². The van der Waals surface area contributed by atoms with Crippen molar-refractivity contribution in [1.29, 1.82) is 0 Å². The van der Waals surface area contributed by atoms with Gasteiger partial charge in [0.25, 0.3) is 0 Å². The molecule has 1 aliphatic rings. The molecule has 0 aliphatic carbocycles. The fourth-order valence-electron chi connectivity index (χ4n) is 2.03. The lowest BCUT2D eigenvalue weighted by Crippen LogP contribution is -2.29. The van der Waals surface area contributed by atoms with Crippen molar-refractivity contribution in [3.05, 3.63) is 35.9 Å². The Hall–Kier alpha value is -0.470. The lowest BCUT2D eigenvalue weighted by molar-refractivity contribution is 0.262. The maximum absolute atomic E-state index is 4.57. The lowest BCUT2D eigenvalue weighted by Gasteiger charge is -2.22. The first-order chi connectivity index (χ1) is 6.77. The summed E-state index contributed by atoms with van der Waals surface area (Å²) >= 11 is 4.57. The highest BCUT2D eigenvalue weighted by molar-refractivity contribution is 7.81. The number of nitrogens with zero attached hydrogens (tertiary/aromatic N) is 1. The van der Waals surface area contributed by atoms with Crippen molar-refractivity contribution in [2.45, 2.75) is 31.2 Å². The molecule has 1 heterocycles. The van der Waals surface area contributed by atoms with Crippen LogP contribution in [0, 0.1) is 0 Å². The Balaban J connectivity index is 1.99. The van der Waals surface area contributed by atoms with E-state index in [-0.39, 0.29) is 0 Å². The topological polar surface area (TPSA) is 3.24 Å². The van der Waals surface area contributed by atoms with Crippen molar-refractivity contribution in [1.82, 2.24) is 4.90 Å². The Bertz CT molecular complexity index is 286. The van der Waals surface area contributed by atoms with Crippen molar-refractivity contribution in [2.75, 3.05) is 6.54 Å². The van der Waals surface area contributed by atoms with Crippen molar-refractivity contribution in [2.24, 2.45) is 0 Å². The zero-order valence-electron chi connectivity index (χ0n) is 8.56.